The van der Waals surface area contributed by atoms with E-state index in [4.69, 9.17) is 4.74 Å². The zero-order valence-corrected chi connectivity index (χ0v) is 12.5. The van der Waals surface area contributed by atoms with Crippen LogP contribution < -0.4 is 5.32 Å². The van der Waals surface area contributed by atoms with Gasteiger partial charge in [0.15, 0.2) is 5.65 Å². The molecule has 0 aliphatic heterocycles. The minimum absolute atomic E-state index is 0.258. The molecule has 0 saturated carbocycles. The van der Waals surface area contributed by atoms with Crippen LogP contribution in [0.3, 0.4) is 0 Å². The zero-order valence-electron chi connectivity index (χ0n) is 12.5. The molecule has 0 atom stereocenters. The van der Waals surface area contributed by atoms with Gasteiger partial charge in [-0.05, 0) is 24.6 Å². The number of aromatic nitrogens is 3. The first-order valence-corrected chi connectivity index (χ1v) is 7.03. The second-order valence-corrected chi connectivity index (χ2v) is 5.00. The average molecular weight is 300 g/mol. The van der Waals surface area contributed by atoms with Crippen LogP contribution in [0.4, 0.5) is 10.2 Å². The highest BCUT2D eigenvalue weighted by molar-refractivity contribution is 5.78. The SMILES string of the molecule is COCCNc1cc(C)nc2c(-c3ccc(F)cc3)cnn12. The van der Waals surface area contributed by atoms with Gasteiger partial charge in [0, 0.05) is 31.0 Å². The summed E-state index contributed by atoms with van der Waals surface area (Å²) in [5.74, 6) is 0.596. The fourth-order valence-corrected chi connectivity index (χ4v) is 2.32. The number of aryl methyl sites for hydroxylation is 1. The van der Waals surface area contributed by atoms with Gasteiger partial charge >= 0.3 is 0 Å². The third kappa shape index (κ3) is 2.78. The van der Waals surface area contributed by atoms with Crippen molar-refractivity contribution in [2.24, 2.45) is 0 Å². The fraction of sp³-hybridized carbons (Fsp3) is 0.250. The largest absolute Gasteiger partial charge is 0.383 e. The number of rotatable bonds is 5. The number of ether oxygens (including phenoxy) is 1. The highest BCUT2D eigenvalue weighted by atomic mass is 19.1. The lowest BCUT2D eigenvalue weighted by atomic mass is 10.1. The van der Waals surface area contributed by atoms with Gasteiger partial charge in [0.05, 0.1) is 12.8 Å². The van der Waals surface area contributed by atoms with Crippen LogP contribution >= 0.6 is 0 Å². The Morgan fingerprint density at radius 1 is 1.27 bits per heavy atom. The summed E-state index contributed by atoms with van der Waals surface area (Å²) >= 11 is 0. The smallest absolute Gasteiger partial charge is 0.165 e. The summed E-state index contributed by atoms with van der Waals surface area (Å²) in [6.07, 6.45) is 1.75. The Morgan fingerprint density at radius 3 is 2.77 bits per heavy atom. The maximum Gasteiger partial charge on any atom is 0.165 e. The van der Waals surface area contributed by atoms with E-state index in [-0.39, 0.29) is 5.82 Å². The second-order valence-electron chi connectivity index (χ2n) is 5.00. The van der Waals surface area contributed by atoms with E-state index in [9.17, 15) is 4.39 Å². The van der Waals surface area contributed by atoms with E-state index in [0.717, 1.165) is 28.3 Å². The molecular formula is C16H17FN4O. The third-order valence-electron chi connectivity index (χ3n) is 3.37. The van der Waals surface area contributed by atoms with E-state index in [0.29, 0.717) is 13.2 Å². The number of nitrogens with one attached hydrogen (secondary N) is 1. The molecule has 0 aliphatic rings. The first kappa shape index (κ1) is 14.5. The van der Waals surface area contributed by atoms with Crippen LogP contribution in [0, 0.1) is 12.7 Å². The molecule has 3 aromatic rings. The first-order valence-electron chi connectivity index (χ1n) is 7.03. The highest BCUT2D eigenvalue weighted by Crippen LogP contribution is 2.25. The van der Waals surface area contributed by atoms with Gasteiger partial charge in [0.2, 0.25) is 0 Å². The predicted molar refractivity (Wildman–Crippen MR) is 83.5 cm³/mol. The molecular weight excluding hydrogens is 283 g/mol. The van der Waals surface area contributed by atoms with Crippen LogP contribution in [0.25, 0.3) is 16.8 Å². The predicted octanol–water partition coefficient (Wildman–Crippen LogP) is 2.90. The molecule has 3 rings (SSSR count). The van der Waals surface area contributed by atoms with Crippen molar-refractivity contribution >= 4 is 11.5 Å². The van der Waals surface area contributed by atoms with E-state index in [1.54, 1.807) is 30.0 Å². The number of benzene rings is 1. The van der Waals surface area contributed by atoms with E-state index in [2.05, 4.69) is 15.4 Å². The molecule has 2 aromatic heterocycles. The molecule has 0 bridgehead atoms. The molecule has 0 fully saturated rings. The van der Waals surface area contributed by atoms with Crippen LogP contribution in [0.15, 0.2) is 36.5 Å². The number of methoxy groups -OCH3 is 1. The molecule has 0 amide bonds. The summed E-state index contributed by atoms with van der Waals surface area (Å²) in [4.78, 5) is 4.56. The van der Waals surface area contributed by atoms with Crippen molar-refractivity contribution in [3.05, 3.63) is 48.0 Å². The number of halogens is 1. The van der Waals surface area contributed by atoms with Gasteiger partial charge in [-0.15, -0.1) is 0 Å². The van der Waals surface area contributed by atoms with Crippen molar-refractivity contribution in [3.63, 3.8) is 0 Å². The summed E-state index contributed by atoms with van der Waals surface area (Å²) in [6, 6.07) is 8.27. The Hall–Kier alpha value is -2.47. The van der Waals surface area contributed by atoms with Crippen LogP contribution in [0.5, 0.6) is 0 Å². The van der Waals surface area contributed by atoms with Gasteiger partial charge in [-0.1, -0.05) is 12.1 Å². The van der Waals surface area contributed by atoms with E-state index >= 15 is 0 Å². The van der Waals surface area contributed by atoms with Crippen molar-refractivity contribution in [2.45, 2.75) is 6.92 Å². The lowest BCUT2D eigenvalue weighted by Crippen LogP contribution is -2.11. The molecule has 0 spiro atoms. The molecule has 0 saturated heterocycles. The van der Waals surface area contributed by atoms with Gasteiger partial charge in [-0.25, -0.2) is 9.37 Å². The zero-order chi connectivity index (χ0) is 15.5. The lowest BCUT2D eigenvalue weighted by molar-refractivity contribution is 0.210. The summed E-state index contributed by atoms with van der Waals surface area (Å²) < 4.78 is 19.9. The molecule has 114 valence electrons. The molecule has 0 aliphatic carbocycles. The number of hydrogen-bond donors (Lipinski definition) is 1. The van der Waals surface area contributed by atoms with Gasteiger partial charge < -0.3 is 10.1 Å². The van der Waals surface area contributed by atoms with Crippen LogP contribution in [-0.2, 0) is 4.74 Å². The molecule has 1 N–H and O–H groups in total. The fourth-order valence-electron chi connectivity index (χ4n) is 2.32. The number of anilines is 1. The number of fused-ring (bicyclic) bond motifs is 1. The van der Waals surface area contributed by atoms with Gasteiger partial charge in [0.25, 0.3) is 0 Å². The molecule has 0 radical (unpaired) electrons. The quantitative estimate of drug-likeness (QED) is 0.736. The maximum atomic E-state index is 13.1. The Kier molecular flexibility index (Phi) is 4.02. The van der Waals surface area contributed by atoms with E-state index in [1.807, 2.05) is 13.0 Å². The minimum Gasteiger partial charge on any atom is -0.383 e. The van der Waals surface area contributed by atoms with Gasteiger partial charge in [-0.3, -0.25) is 0 Å². The Balaban J connectivity index is 2.04. The molecule has 6 heteroatoms. The molecule has 1 aromatic carbocycles. The van der Waals surface area contributed by atoms with Crippen LogP contribution in [0.2, 0.25) is 0 Å². The summed E-state index contributed by atoms with van der Waals surface area (Å²) in [5.41, 5.74) is 3.39. The lowest BCUT2D eigenvalue weighted by Gasteiger charge is -2.09. The standard InChI is InChI=1S/C16H17FN4O/c1-11-9-15(18-7-8-22-2)21-16(20-11)14(10-19-21)12-3-5-13(17)6-4-12/h3-6,9-10,18H,7-8H2,1-2H3. The summed E-state index contributed by atoms with van der Waals surface area (Å²) in [7, 11) is 1.66. The van der Waals surface area contributed by atoms with Gasteiger partial charge in [0.1, 0.15) is 11.6 Å². The second kappa shape index (κ2) is 6.11. The Bertz CT molecular complexity index is 783. The summed E-state index contributed by atoms with van der Waals surface area (Å²) in [5, 5.41) is 7.67. The Labute approximate surface area is 127 Å². The van der Waals surface area contributed by atoms with Crippen molar-refractivity contribution in [2.75, 3.05) is 25.6 Å². The van der Waals surface area contributed by atoms with E-state index < -0.39 is 0 Å². The molecule has 2 heterocycles. The third-order valence-corrected chi connectivity index (χ3v) is 3.37. The topological polar surface area (TPSA) is 51.5 Å². The molecule has 22 heavy (non-hydrogen) atoms. The number of hydrogen-bond acceptors (Lipinski definition) is 4. The average Bonchev–Trinajstić information content (AvgIpc) is 2.92. The molecule has 0 unspecified atom stereocenters. The highest BCUT2D eigenvalue weighted by Gasteiger charge is 2.11. The van der Waals surface area contributed by atoms with Crippen LogP contribution in [-0.4, -0.2) is 34.9 Å². The Morgan fingerprint density at radius 2 is 2.05 bits per heavy atom. The van der Waals surface area contributed by atoms with Crippen molar-refractivity contribution in [1.82, 2.24) is 14.6 Å². The normalized spacial score (nSPS) is 11.0. The summed E-state index contributed by atoms with van der Waals surface area (Å²) in [6.45, 7) is 3.22. The monoisotopic (exact) mass is 300 g/mol. The van der Waals surface area contributed by atoms with E-state index in [1.165, 1.54) is 12.1 Å². The van der Waals surface area contributed by atoms with Gasteiger partial charge in [-0.2, -0.15) is 9.61 Å². The minimum atomic E-state index is -0.258. The van der Waals surface area contributed by atoms with Crippen molar-refractivity contribution in [3.8, 4) is 11.1 Å². The van der Waals surface area contributed by atoms with Crippen molar-refractivity contribution in [1.29, 1.82) is 0 Å². The van der Waals surface area contributed by atoms with Crippen LogP contribution in [0.1, 0.15) is 5.69 Å². The molecule has 5 nitrogen and oxygen atoms in total. The maximum absolute atomic E-state index is 13.1. The first-order chi connectivity index (χ1) is 10.7. The van der Waals surface area contributed by atoms with Crippen molar-refractivity contribution < 1.29 is 9.13 Å². The number of nitrogens with zero attached hydrogens (tertiary/aromatic N) is 3.